The van der Waals surface area contributed by atoms with Crippen molar-refractivity contribution in [3.63, 3.8) is 0 Å². The Balaban J connectivity index is 2.57. The van der Waals surface area contributed by atoms with Gasteiger partial charge in [0.2, 0.25) is 0 Å². The fourth-order valence-corrected chi connectivity index (χ4v) is 3.09. The van der Waals surface area contributed by atoms with Crippen LogP contribution in [-0.2, 0) is 6.18 Å². The van der Waals surface area contributed by atoms with E-state index >= 15 is 0 Å². The number of amides is 1. The molecule has 6 nitrogen and oxygen atoms in total. The number of anilines is 1. The average molecular weight is 411 g/mol. The second-order valence-corrected chi connectivity index (χ2v) is 6.14. The molecule has 2 N–H and O–H groups in total. The fraction of sp³-hybridized carbons (Fsp3) is 0.167. The molecule has 0 saturated carbocycles. The van der Waals surface area contributed by atoms with Gasteiger partial charge < -0.3 is 10.6 Å². The number of rotatable bonds is 3. The number of aromatic nitrogens is 2. The summed E-state index contributed by atoms with van der Waals surface area (Å²) in [5.74, 6) is -0.697. The summed E-state index contributed by atoms with van der Waals surface area (Å²) in [6.07, 6.45) is -4.71. The standard InChI is InChI=1S/C18H14ClF3N4O2/c1-23-14-9-7-8-12(18(20,21)22)25-15(9)26(11-6-4-3-5-10(11)19)17(28)13(14)16(27)24-2/h3-8,23H,1-2H3,(H,24,27). The third-order valence-corrected chi connectivity index (χ3v) is 4.43. The van der Waals surface area contributed by atoms with E-state index in [1.165, 1.54) is 26.2 Å². The number of hydrogen-bond donors (Lipinski definition) is 2. The smallest absolute Gasteiger partial charge is 0.387 e. The lowest BCUT2D eigenvalue weighted by atomic mass is 10.1. The number of para-hydroxylation sites is 1. The highest BCUT2D eigenvalue weighted by Crippen LogP contribution is 2.33. The van der Waals surface area contributed by atoms with Gasteiger partial charge in [0.15, 0.2) is 0 Å². The molecule has 0 saturated heterocycles. The number of pyridine rings is 2. The van der Waals surface area contributed by atoms with Gasteiger partial charge in [-0.1, -0.05) is 23.7 Å². The van der Waals surface area contributed by atoms with Crippen molar-refractivity contribution in [2.45, 2.75) is 6.18 Å². The molecule has 0 aliphatic rings. The van der Waals surface area contributed by atoms with Crippen LogP contribution in [0, 0.1) is 0 Å². The molecule has 2 heterocycles. The Morgan fingerprint density at radius 1 is 1.14 bits per heavy atom. The van der Waals surface area contributed by atoms with Crippen LogP contribution in [0.2, 0.25) is 5.02 Å². The van der Waals surface area contributed by atoms with Crippen molar-refractivity contribution in [1.82, 2.24) is 14.9 Å². The Morgan fingerprint density at radius 2 is 1.82 bits per heavy atom. The van der Waals surface area contributed by atoms with E-state index in [0.717, 1.165) is 16.7 Å². The zero-order chi connectivity index (χ0) is 20.6. The second-order valence-electron chi connectivity index (χ2n) is 5.74. The first-order valence-corrected chi connectivity index (χ1v) is 8.40. The largest absolute Gasteiger partial charge is 0.433 e. The molecule has 2 aromatic heterocycles. The predicted octanol–water partition coefficient (Wildman–Crippen LogP) is 3.46. The van der Waals surface area contributed by atoms with E-state index in [4.69, 9.17) is 11.6 Å². The van der Waals surface area contributed by atoms with Crippen molar-refractivity contribution >= 4 is 34.2 Å². The number of nitrogens with zero attached hydrogens (tertiary/aromatic N) is 2. The Morgan fingerprint density at radius 3 is 2.39 bits per heavy atom. The summed E-state index contributed by atoms with van der Waals surface area (Å²) in [6, 6.07) is 8.06. The molecule has 28 heavy (non-hydrogen) atoms. The third-order valence-electron chi connectivity index (χ3n) is 4.11. The van der Waals surface area contributed by atoms with Crippen LogP contribution in [0.4, 0.5) is 18.9 Å². The Labute approximate surface area is 162 Å². The number of carbonyl (C=O) groups is 1. The molecule has 3 rings (SSSR count). The molecule has 0 spiro atoms. The summed E-state index contributed by atoms with van der Waals surface area (Å²) >= 11 is 6.17. The number of benzene rings is 1. The van der Waals surface area contributed by atoms with Crippen molar-refractivity contribution in [3.05, 3.63) is 63.0 Å². The first kappa shape index (κ1) is 19.7. The molecule has 0 aliphatic heterocycles. The molecule has 146 valence electrons. The quantitative estimate of drug-likeness (QED) is 0.693. The van der Waals surface area contributed by atoms with Gasteiger partial charge in [0.1, 0.15) is 16.9 Å². The van der Waals surface area contributed by atoms with Crippen LogP contribution in [0.1, 0.15) is 16.1 Å². The van der Waals surface area contributed by atoms with Crippen LogP contribution < -0.4 is 16.2 Å². The minimum Gasteiger partial charge on any atom is -0.387 e. The number of halogens is 4. The summed E-state index contributed by atoms with van der Waals surface area (Å²) in [4.78, 5) is 29.2. The van der Waals surface area contributed by atoms with Crippen LogP contribution in [-0.4, -0.2) is 29.6 Å². The number of carbonyl (C=O) groups excluding carboxylic acids is 1. The van der Waals surface area contributed by atoms with Crippen LogP contribution >= 0.6 is 11.6 Å². The van der Waals surface area contributed by atoms with E-state index in [1.54, 1.807) is 12.1 Å². The van der Waals surface area contributed by atoms with E-state index in [1.807, 2.05) is 0 Å². The van der Waals surface area contributed by atoms with Crippen LogP contribution in [0.5, 0.6) is 0 Å². The fourth-order valence-electron chi connectivity index (χ4n) is 2.87. The molecule has 0 atom stereocenters. The average Bonchev–Trinajstić information content (AvgIpc) is 2.66. The summed E-state index contributed by atoms with van der Waals surface area (Å²) in [5.41, 5.74) is -2.38. The van der Waals surface area contributed by atoms with Crippen molar-refractivity contribution in [2.24, 2.45) is 0 Å². The van der Waals surface area contributed by atoms with Gasteiger partial charge in [0.05, 0.1) is 16.4 Å². The van der Waals surface area contributed by atoms with E-state index in [9.17, 15) is 22.8 Å². The zero-order valence-electron chi connectivity index (χ0n) is 14.7. The minimum atomic E-state index is -4.71. The van der Waals surface area contributed by atoms with Crippen LogP contribution in [0.25, 0.3) is 16.7 Å². The highest BCUT2D eigenvalue weighted by Gasteiger charge is 2.34. The van der Waals surface area contributed by atoms with Crippen molar-refractivity contribution < 1.29 is 18.0 Å². The Bertz CT molecular complexity index is 1140. The number of nitrogens with one attached hydrogen (secondary N) is 2. The Hall–Kier alpha value is -3.07. The summed E-state index contributed by atoms with van der Waals surface area (Å²) in [5, 5.41) is 5.36. The predicted molar refractivity (Wildman–Crippen MR) is 100 cm³/mol. The van der Waals surface area contributed by atoms with Crippen LogP contribution in [0.3, 0.4) is 0 Å². The maximum absolute atomic E-state index is 13.2. The van der Waals surface area contributed by atoms with E-state index in [0.29, 0.717) is 0 Å². The molecule has 0 unspecified atom stereocenters. The van der Waals surface area contributed by atoms with Crippen molar-refractivity contribution in [1.29, 1.82) is 0 Å². The van der Waals surface area contributed by atoms with Gasteiger partial charge in [0.25, 0.3) is 11.5 Å². The van der Waals surface area contributed by atoms with Gasteiger partial charge in [-0.25, -0.2) is 4.98 Å². The number of alkyl halides is 3. The van der Waals surface area contributed by atoms with Gasteiger partial charge in [0, 0.05) is 19.5 Å². The SMILES string of the molecule is CNC(=O)c1c(NC)c2ccc(C(F)(F)F)nc2n(-c2ccccc2Cl)c1=O. The zero-order valence-corrected chi connectivity index (χ0v) is 15.4. The van der Waals surface area contributed by atoms with E-state index in [-0.39, 0.29) is 33.0 Å². The van der Waals surface area contributed by atoms with Gasteiger partial charge in [-0.05, 0) is 24.3 Å². The van der Waals surface area contributed by atoms with E-state index in [2.05, 4.69) is 15.6 Å². The molecular weight excluding hydrogens is 397 g/mol. The van der Waals surface area contributed by atoms with E-state index < -0.39 is 23.3 Å². The Kier molecular flexibility index (Phi) is 5.03. The molecule has 1 aromatic carbocycles. The molecule has 0 bridgehead atoms. The van der Waals surface area contributed by atoms with Gasteiger partial charge in [-0.2, -0.15) is 13.2 Å². The van der Waals surface area contributed by atoms with Crippen LogP contribution in [0.15, 0.2) is 41.2 Å². The van der Waals surface area contributed by atoms with Gasteiger partial charge in [-0.3, -0.25) is 14.2 Å². The molecule has 1 amide bonds. The lowest BCUT2D eigenvalue weighted by Crippen LogP contribution is -2.33. The first-order valence-electron chi connectivity index (χ1n) is 8.02. The number of fused-ring (bicyclic) bond motifs is 1. The number of hydrogen-bond acceptors (Lipinski definition) is 4. The van der Waals surface area contributed by atoms with Crippen molar-refractivity contribution in [3.8, 4) is 5.69 Å². The maximum atomic E-state index is 13.2. The maximum Gasteiger partial charge on any atom is 0.433 e. The summed E-state index contributed by atoms with van der Waals surface area (Å²) in [6.45, 7) is 0. The molecule has 10 heteroatoms. The topological polar surface area (TPSA) is 76.0 Å². The lowest BCUT2D eigenvalue weighted by molar-refractivity contribution is -0.141. The highest BCUT2D eigenvalue weighted by atomic mass is 35.5. The minimum absolute atomic E-state index is 0.0730. The van der Waals surface area contributed by atoms with Gasteiger partial charge in [-0.15, -0.1) is 0 Å². The van der Waals surface area contributed by atoms with Gasteiger partial charge >= 0.3 is 6.18 Å². The normalized spacial score (nSPS) is 11.5. The second kappa shape index (κ2) is 7.16. The summed E-state index contributed by atoms with van der Waals surface area (Å²) in [7, 11) is 2.80. The molecule has 0 fully saturated rings. The van der Waals surface area contributed by atoms with Crippen molar-refractivity contribution in [2.75, 3.05) is 19.4 Å². The highest BCUT2D eigenvalue weighted by molar-refractivity contribution is 6.32. The molecule has 0 aliphatic carbocycles. The summed E-state index contributed by atoms with van der Waals surface area (Å²) < 4.78 is 40.6. The monoisotopic (exact) mass is 410 g/mol. The lowest BCUT2D eigenvalue weighted by Gasteiger charge is -2.18. The molecular formula is C18H14ClF3N4O2. The molecule has 3 aromatic rings. The molecule has 0 radical (unpaired) electrons. The third kappa shape index (κ3) is 3.18. The first-order chi connectivity index (χ1) is 13.2.